The molecule has 2 nitrogen and oxygen atoms in total. The third kappa shape index (κ3) is 2.92. The summed E-state index contributed by atoms with van der Waals surface area (Å²) in [6.07, 6.45) is 2.44. The van der Waals surface area contributed by atoms with Gasteiger partial charge >= 0.3 is 0 Å². The third-order valence-corrected chi connectivity index (χ3v) is 5.57. The van der Waals surface area contributed by atoms with Gasteiger partial charge in [-0.05, 0) is 65.6 Å². The fourth-order valence-electron chi connectivity index (χ4n) is 4.24. The molecule has 124 valence electrons. The molecule has 0 bridgehead atoms. The molecule has 0 saturated carbocycles. The Bertz CT molecular complexity index is 661. The lowest BCUT2D eigenvalue weighted by Gasteiger charge is -2.20. The molecule has 2 unspecified atom stereocenters. The monoisotopic (exact) mass is 318 g/mol. The van der Waals surface area contributed by atoms with Crippen molar-refractivity contribution in [2.24, 2.45) is 0 Å². The maximum Gasteiger partial charge on any atom is 0.00208 e. The molecule has 2 aliphatic rings. The van der Waals surface area contributed by atoms with Crippen LogP contribution >= 0.6 is 0 Å². The van der Waals surface area contributed by atoms with Crippen molar-refractivity contribution in [1.82, 2.24) is 10.6 Å². The van der Waals surface area contributed by atoms with Gasteiger partial charge in [-0.15, -0.1) is 0 Å². The summed E-state index contributed by atoms with van der Waals surface area (Å²) in [6, 6.07) is 17.7. The van der Waals surface area contributed by atoms with Gasteiger partial charge in [0.2, 0.25) is 0 Å². The number of nitrogens with one attached hydrogen (secondary N) is 2. The van der Waals surface area contributed by atoms with E-state index in [1.807, 2.05) is 0 Å². The van der Waals surface area contributed by atoms with E-state index in [-0.39, 0.29) is 0 Å². The van der Waals surface area contributed by atoms with E-state index in [1.54, 1.807) is 0 Å². The predicted molar refractivity (Wildman–Crippen MR) is 101 cm³/mol. The standard InChI is InChI=1S/C22H26N2/c1-16(19-6-2-4-8-21(19)17-10-12-23-14-17)20-7-3-5-9-22(20)18-11-13-24-15-18/h2-9,17-18,23-24H,1,10-15H2. The van der Waals surface area contributed by atoms with Crippen LogP contribution in [0.5, 0.6) is 0 Å². The Labute approximate surface area is 145 Å². The van der Waals surface area contributed by atoms with Gasteiger partial charge in [0.25, 0.3) is 0 Å². The molecule has 2 atom stereocenters. The van der Waals surface area contributed by atoms with Crippen LogP contribution in [-0.4, -0.2) is 26.2 Å². The summed E-state index contributed by atoms with van der Waals surface area (Å²) in [7, 11) is 0. The van der Waals surface area contributed by atoms with Gasteiger partial charge in [-0.2, -0.15) is 0 Å². The zero-order chi connectivity index (χ0) is 16.4. The minimum atomic E-state index is 0.609. The average Bonchev–Trinajstić information content (AvgIpc) is 3.35. The van der Waals surface area contributed by atoms with Crippen molar-refractivity contribution in [1.29, 1.82) is 0 Å². The third-order valence-electron chi connectivity index (χ3n) is 5.57. The predicted octanol–water partition coefficient (Wildman–Crippen LogP) is 3.90. The van der Waals surface area contributed by atoms with Gasteiger partial charge in [0.1, 0.15) is 0 Å². The molecule has 2 N–H and O–H groups in total. The van der Waals surface area contributed by atoms with Crippen LogP contribution < -0.4 is 10.6 Å². The van der Waals surface area contributed by atoms with Crippen molar-refractivity contribution in [3.63, 3.8) is 0 Å². The van der Waals surface area contributed by atoms with Crippen LogP contribution in [0.15, 0.2) is 55.1 Å². The van der Waals surface area contributed by atoms with E-state index in [0.29, 0.717) is 11.8 Å². The smallest absolute Gasteiger partial charge is 0.00208 e. The molecule has 2 aliphatic heterocycles. The quantitative estimate of drug-likeness (QED) is 0.893. The summed E-state index contributed by atoms with van der Waals surface area (Å²) in [5.74, 6) is 1.22. The maximum atomic E-state index is 4.52. The van der Waals surface area contributed by atoms with Crippen LogP contribution in [0.3, 0.4) is 0 Å². The van der Waals surface area contributed by atoms with Crippen LogP contribution in [0.1, 0.15) is 46.9 Å². The molecule has 0 spiro atoms. The summed E-state index contributed by atoms with van der Waals surface area (Å²) in [4.78, 5) is 0. The highest BCUT2D eigenvalue weighted by Gasteiger charge is 2.23. The zero-order valence-electron chi connectivity index (χ0n) is 14.2. The van der Waals surface area contributed by atoms with Crippen molar-refractivity contribution in [3.05, 3.63) is 77.4 Å². The van der Waals surface area contributed by atoms with Gasteiger partial charge < -0.3 is 10.6 Å². The van der Waals surface area contributed by atoms with Crippen molar-refractivity contribution >= 4 is 5.57 Å². The van der Waals surface area contributed by atoms with Crippen molar-refractivity contribution < 1.29 is 0 Å². The molecular formula is C22H26N2. The van der Waals surface area contributed by atoms with E-state index in [2.05, 4.69) is 65.7 Å². The zero-order valence-corrected chi connectivity index (χ0v) is 14.2. The highest BCUT2D eigenvalue weighted by atomic mass is 14.9. The van der Waals surface area contributed by atoms with Crippen LogP contribution in [0.4, 0.5) is 0 Å². The molecule has 0 aromatic heterocycles. The topological polar surface area (TPSA) is 24.1 Å². The molecule has 2 fully saturated rings. The lowest BCUT2D eigenvalue weighted by Crippen LogP contribution is -2.11. The Kier molecular flexibility index (Phi) is 4.50. The summed E-state index contributed by atoms with van der Waals surface area (Å²) in [5, 5.41) is 6.99. The first-order chi connectivity index (χ1) is 11.8. The number of rotatable bonds is 4. The summed E-state index contributed by atoms with van der Waals surface area (Å²) < 4.78 is 0. The van der Waals surface area contributed by atoms with Gasteiger partial charge in [0.05, 0.1) is 0 Å². The van der Waals surface area contributed by atoms with E-state index in [0.717, 1.165) is 26.2 Å². The van der Waals surface area contributed by atoms with Gasteiger partial charge in [-0.3, -0.25) is 0 Å². The molecule has 24 heavy (non-hydrogen) atoms. The molecule has 0 aliphatic carbocycles. The second kappa shape index (κ2) is 6.92. The largest absolute Gasteiger partial charge is 0.316 e. The Morgan fingerprint density at radius 1 is 0.750 bits per heavy atom. The van der Waals surface area contributed by atoms with E-state index < -0.39 is 0 Å². The fraction of sp³-hybridized carbons (Fsp3) is 0.364. The van der Waals surface area contributed by atoms with Gasteiger partial charge in [0.15, 0.2) is 0 Å². The lowest BCUT2D eigenvalue weighted by molar-refractivity contribution is 0.757. The summed E-state index contributed by atoms with van der Waals surface area (Å²) in [5.41, 5.74) is 6.73. The SMILES string of the molecule is C=C(c1ccccc1C1CCNC1)c1ccccc1C1CCNC1. The van der Waals surface area contributed by atoms with Gasteiger partial charge in [-0.25, -0.2) is 0 Å². The fourth-order valence-corrected chi connectivity index (χ4v) is 4.24. The Morgan fingerprint density at radius 3 is 1.62 bits per heavy atom. The first kappa shape index (κ1) is 15.6. The molecule has 2 heteroatoms. The van der Waals surface area contributed by atoms with Crippen molar-refractivity contribution in [2.45, 2.75) is 24.7 Å². The second-order valence-corrected chi connectivity index (χ2v) is 7.03. The number of benzene rings is 2. The first-order valence-electron chi connectivity index (χ1n) is 9.13. The molecule has 4 rings (SSSR count). The second-order valence-electron chi connectivity index (χ2n) is 7.03. The Morgan fingerprint density at radius 2 is 1.21 bits per heavy atom. The summed E-state index contributed by atoms with van der Waals surface area (Å²) >= 11 is 0. The molecule has 2 aromatic rings. The minimum absolute atomic E-state index is 0.609. The molecule has 2 aromatic carbocycles. The van der Waals surface area contributed by atoms with Crippen LogP contribution in [0, 0.1) is 0 Å². The highest BCUT2D eigenvalue weighted by Crippen LogP contribution is 2.36. The molecule has 2 saturated heterocycles. The maximum absolute atomic E-state index is 4.52. The van der Waals surface area contributed by atoms with E-state index in [9.17, 15) is 0 Å². The van der Waals surface area contributed by atoms with E-state index in [4.69, 9.17) is 0 Å². The van der Waals surface area contributed by atoms with E-state index in [1.165, 1.54) is 40.7 Å². The molecule has 2 heterocycles. The molecular weight excluding hydrogens is 292 g/mol. The Hall–Kier alpha value is -1.90. The van der Waals surface area contributed by atoms with Crippen LogP contribution in [0.25, 0.3) is 5.57 Å². The molecule has 0 radical (unpaired) electrons. The lowest BCUT2D eigenvalue weighted by atomic mass is 9.84. The summed E-state index contributed by atoms with van der Waals surface area (Å²) in [6.45, 7) is 8.92. The normalized spacial score (nSPS) is 23.5. The van der Waals surface area contributed by atoms with Crippen molar-refractivity contribution in [3.8, 4) is 0 Å². The van der Waals surface area contributed by atoms with Crippen LogP contribution in [0.2, 0.25) is 0 Å². The highest BCUT2D eigenvalue weighted by molar-refractivity contribution is 5.82. The van der Waals surface area contributed by atoms with Crippen LogP contribution in [-0.2, 0) is 0 Å². The van der Waals surface area contributed by atoms with Gasteiger partial charge in [0, 0.05) is 13.1 Å². The number of hydrogen-bond acceptors (Lipinski definition) is 2. The first-order valence-corrected chi connectivity index (χ1v) is 9.13. The molecule has 0 amide bonds. The Balaban J connectivity index is 1.72. The number of hydrogen-bond donors (Lipinski definition) is 2. The average molecular weight is 318 g/mol. The van der Waals surface area contributed by atoms with Gasteiger partial charge in [-0.1, -0.05) is 55.1 Å². The van der Waals surface area contributed by atoms with Crippen molar-refractivity contribution in [2.75, 3.05) is 26.2 Å². The van der Waals surface area contributed by atoms with E-state index >= 15 is 0 Å². The minimum Gasteiger partial charge on any atom is -0.316 e.